The monoisotopic (exact) mass is 180 g/mol. The second-order valence-corrected chi connectivity index (χ2v) is 3.12. The third kappa shape index (κ3) is 1.37. The summed E-state index contributed by atoms with van der Waals surface area (Å²) in [5, 5.41) is 8.58. The van der Waals surface area contributed by atoms with Gasteiger partial charge in [-0.2, -0.15) is 0 Å². The molecule has 2 aliphatic rings. The van der Waals surface area contributed by atoms with Crippen LogP contribution in [0.5, 0.6) is 0 Å². The Hall–Kier alpha value is -1.52. The van der Waals surface area contributed by atoms with Gasteiger partial charge in [-0.3, -0.25) is 4.99 Å². The maximum absolute atomic E-state index is 11.0. The highest BCUT2D eigenvalue weighted by Crippen LogP contribution is 2.21. The zero-order valence-corrected chi connectivity index (χ0v) is 7.37. The standard InChI is InChI=1S/C8H12N4O/c1-9-8(13)12-7-4-11-6-3-10-2-5(6)7/h2-3,5,7,11H,4H2,1H3,(H2,9,12,13). The van der Waals surface area contributed by atoms with Gasteiger partial charge in [0.2, 0.25) is 0 Å². The second kappa shape index (κ2) is 3.08. The van der Waals surface area contributed by atoms with Crippen molar-refractivity contribution in [2.24, 2.45) is 10.9 Å². The number of nitrogens with zero attached hydrogens (tertiary/aromatic N) is 1. The van der Waals surface area contributed by atoms with Gasteiger partial charge in [-0.25, -0.2) is 4.79 Å². The van der Waals surface area contributed by atoms with Crippen LogP contribution in [0.1, 0.15) is 0 Å². The van der Waals surface area contributed by atoms with Crippen molar-refractivity contribution in [3.05, 3.63) is 11.9 Å². The third-order valence-electron chi connectivity index (χ3n) is 2.32. The molecule has 2 amide bonds. The lowest BCUT2D eigenvalue weighted by atomic mass is 10.0. The van der Waals surface area contributed by atoms with E-state index >= 15 is 0 Å². The highest BCUT2D eigenvalue weighted by molar-refractivity contribution is 5.77. The van der Waals surface area contributed by atoms with E-state index in [2.05, 4.69) is 20.9 Å². The van der Waals surface area contributed by atoms with Gasteiger partial charge in [-0.15, -0.1) is 0 Å². The van der Waals surface area contributed by atoms with Gasteiger partial charge in [0.15, 0.2) is 0 Å². The molecule has 3 N–H and O–H groups in total. The molecule has 0 radical (unpaired) electrons. The summed E-state index contributed by atoms with van der Waals surface area (Å²) in [5.41, 5.74) is 1.10. The number of nitrogens with one attached hydrogen (secondary N) is 3. The van der Waals surface area contributed by atoms with E-state index in [4.69, 9.17) is 0 Å². The summed E-state index contributed by atoms with van der Waals surface area (Å²) in [6.07, 6.45) is 3.66. The predicted molar refractivity (Wildman–Crippen MR) is 49.4 cm³/mol. The topological polar surface area (TPSA) is 65.5 Å². The van der Waals surface area contributed by atoms with Crippen molar-refractivity contribution in [1.29, 1.82) is 0 Å². The van der Waals surface area contributed by atoms with Gasteiger partial charge in [0, 0.05) is 31.7 Å². The van der Waals surface area contributed by atoms with E-state index < -0.39 is 0 Å². The summed E-state index contributed by atoms with van der Waals surface area (Å²) in [6.45, 7) is 0.774. The first-order valence-electron chi connectivity index (χ1n) is 4.27. The Morgan fingerprint density at radius 1 is 1.77 bits per heavy atom. The summed E-state index contributed by atoms with van der Waals surface area (Å²) in [5.74, 6) is 0.234. The quantitative estimate of drug-likeness (QED) is 0.506. The molecule has 2 unspecified atom stereocenters. The molecule has 5 nitrogen and oxygen atoms in total. The van der Waals surface area contributed by atoms with Crippen LogP contribution in [0, 0.1) is 5.92 Å². The van der Waals surface area contributed by atoms with Crippen LogP contribution in [0.4, 0.5) is 4.79 Å². The summed E-state index contributed by atoms with van der Waals surface area (Å²) in [6, 6.07) is -0.0224. The number of carbonyl (C=O) groups is 1. The van der Waals surface area contributed by atoms with Gasteiger partial charge in [0.25, 0.3) is 0 Å². The van der Waals surface area contributed by atoms with Crippen molar-refractivity contribution in [2.45, 2.75) is 6.04 Å². The summed E-state index contributed by atoms with van der Waals surface area (Å²) in [4.78, 5) is 15.1. The van der Waals surface area contributed by atoms with E-state index in [-0.39, 0.29) is 18.0 Å². The Labute approximate surface area is 76.3 Å². The zero-order valence-electron chi connectivity index (χ0n) is 7.37. The van der Waals surface area contributed by atoms with Crippen molar-refractivity contribution in [2.75, 3.05) is 13.6 Å². The van der Waals surface area contributed by atoms with Gasteiger partial charge in [-0.05, 0) is 0 Å². The van der Waals surface area contributed by atoms with E-state index in [1.54, 1.807) is 13.2 Å². The first kappa shape index (κ1) is 8.10. The molecule has 0 saturated carbocycles. The van der Waals surface area contributed by atoms with Crippen molar-refractivity contribution >= 4 is 12.2 Å². The molecule has 2 aliphatic heterocycles. The largest absolute Gasteiger partial charge is 0.384 e. The molecule has 0 aromatic heterocycles. The minimum absolute atomic E-state index is 0.123. The van der Waals surface area contributed by atoms with Crippen LogP contribution in [-0.4, -0.2) is 31.9 Å². The molecular weight excluding hydrogens is 168 g/mol. The van der Waals surface area contributed by atoms with Crippen molar-refractivity contribution < 1.29 is 4.79 Å². The number of fused-ring (bicyclic) bond motifs is 1. The van der Waals surface area contributed by atoms with Crippen molar-refractivity contribution in [3.8, 4) is 0 Å². The van der Waals surface area contributed by atoms with Crippen LogP contribution >= 0.6 is 0 Å². The lowest BCUT2D eigenvalue weighted by molar-refractivity contribution is 0.239. The molecule has 0 bridgehead atoms. The van der Waals surface area contributed by atoms with E-state index in [1.807, 2.05) is 6.21 Å². The van der Waals surface area contributed by atoms with Gasteiger partial charge in [0.1, 0.15) is 0 Å². The molecule has 2 heterocycles. The number of carbonyl (C=O) groups excluding carboxylic acids is 1. The summed E-state index contributed by atoms with van der Waals surface area (Å²) >= 11 is 0. The molecule has 1 saturated heterocycles. The molecule has 0 aromatic carbocycles. The van der Waals surface area contributed by atoms with Gasteiger partial charge in [-0.1, -0.05) is 0 Å². The fourth-order valence-corrected chi connectivity index (χ4v) is 1.60. The minimum atomic E-state index is -0.145. The number of amides is 2. The Bertz CT molecular complexity index is 284. The molecule has 5 heteroatoms. The lowest BCUT2D eigenvalue weighted by Crippen LogP contribution is -2.44. The van der Waals surface area contributed by atoms with Crippen LogP contribution in [0.15, 0.2) is 16.9 Å². The van der Waals surface area contributed by atoms with E-state index in [1.165, 1.54) is 0 Å². The predicted octanol–water partition coefficient (Wildman–Crippen LogP) is -0.571. The van der Waals surface area contributed by atoms with Crippen LogP contribution in [0.3, 0.4) is 0 Å². The van der Waals surface area contributed by atoms with E-state index in [0.29, 0.717) is 0 Å². The molecule has 0 aliphatic carbocycles. The van der Waals surface area contributed by atoms with Gasteiger partial charge < -0.3 is 16.0 Å². The highest BCUT2D eigenvalue weighted by atomic mass is 16.2. The Morgan fingerprint density at radius 3 is 3.38 bits per heavy atom. The fourth-order valence-electron chi connectivity index (χ4n) is 1.60. The molecule has 13 heavy (non-hydrogen) atoms. The zero-order chi connectivity index (χ0) is 9.26. The molecule has 1 fully saturated rings. The minimum Gasteiger partial charge on any atom is -0.384 e. The molecular formula is C8H12N4O. The van der Waals surface area contributed by atoms with Crippen molar-refractivity contribution in [1.82, 2.24) is 16.0 Å². The molecule has 0 spiro atoms. The molecule has 70 valence electrons. The summed E-state index contributed by atoms with van der Waals surface area (Å²) in [7, 11) is 1.61. The Kier molecular flexibility index (Phi) is 1.92. The number of aliphatic imine (C=N–C) groups is 1. The average molecular weight is 180 g/mol. The number of urea groups is 1. The maximum atomic E-state index is 11.0. The first-order valence-corrected chi connectivity index (χ1v) is 4.27. The SMILES string of the molecule is CNC(=O)NC1CNC2=CN=CC21. The maximum Gasteiger partial charge on any atom is 0.314 e. The smallest absolute Gasteiger partial charge is 0.314 e. The highest BCUT2D eigenvalue weighted by Gasteiger charge is 2.32. The lowest BCUT2D eigenvalue weighted by Gasteiger charge is -2.14. The van der Waals surface area contributed by atoms with Crippen LogP contribution in [0.2, 0.25) is 0 Å². The second-order valence-electron chi connectivity index (χ2n) is 3.12. The molecule has 2 rings (SSSR count). The first-order chi connectivity index (χ1) is 6.31. The fraction of sp³-hybridized carbons (Fsp3) is 0.500. The number of rotatable bonds is 1. The third-order valence-corrected chi connectivity index (χ3v) is 2.32. The van der Waals surface area contributed by atoms with Gasteiger partial charge in [0.05, 0.1) is 12.0 Å². The normalized spacial score (nSPS) is 29.2. The number of hydrogen-bond donors (Lipinski definition) is 3. The van der Waals surface area contributed by atoms with Crippen LogP contribution in [0.25, 0.3) is 0 Å². The van der Waals surface area contributed by atoms with Crippen molar-refractivity contribution in [3.63, 3.8) is 0 Å². The Morgan fingerprint density at radius 2 is 2.62 bits per heavy atom. The Balaban J connectivity index is 1.98. The molecule has 0 aromatic rings. The molecule has 2 atom stereocenters. The average Bonchev–Trinajstić information content (AvgIpc) is 2.69. The van der Waals surface area contributed by atoms with Gasteiger partial charge >= 0.3 is 6.03 Å². The number of hydrogen-bond acceptors (Lipinski definition) is 3. The summed E-state index contributed by atoms with van der Waals surface area (Å²) < 4.78 is 0. The van der Waals surface area contributed by atoms with E-state index in [9.17, 15) is 4.79 Å². The van der Waals surface area contributed by atoms with Crippen LogP contribution in [-0.2, 0) is 0 Å². The van der Waals surface area contributed by atoms with Crippen LogP contribution < -0.4 is 16.0 Å². The van der Waals surface area contributed by atoms with E-state index in [0.717, 1.165) is 12.2 Å².